The van der Waals surface area contributed by atoms with E-state index in [1.54, 1.807) is 12.1 Å². The fourth-order valence-electron chi connectivity index (χ4n) is 1.41. The lowest BCUT2D eigenvalue weighted by Gasteiger charge is -2.16. The summed E-state index contributed by atoms with van der Waals surface area (Å²) in [6.07, 6.45) is 1.46. The Kier molecular flexibility index (Phi) is 5.55. The standard InChI is InChI=1S/C11H14N2O6/c14-9(12-4-8-2-1-3-19-8)5-13(6-10(15)16)7-11(17)18/h1-3H,4-7H2,(H,12,14)(H,15,16)(H,17,18). The van der Waals surface area contributed by atoms with Crippen molar-refractivity contribution in [3.63, 3.8) is 0 Å². The van der Waals surface area contributed by atoms with E-state index in [4.69, 9.17) is 14.6 Å². The van der Waals surface area contributed by atoms with Gasteiger partial charge in [0.05, 0.1) is 32.4 Å². The number of carboxylic acids is 2. The molecule has 0 aliphatic heterocycles. The molecule has 1 amide bonds. The maximum atomic E-state index is 11.5. The summed E-state index contributed by atoms with van der Waals surface area (Å²) in [5, 5.41) is 19.7. The molecule has 0 aromatic carbocycles. The van der Waals surface area contributed by atoms with Crippen molar-refractivity contribution in [2.75, 3.05) is 19.6 Å². The van der Waals surface area contributed by atoms with Gasteiger partial charge in [0.15, 0.2) is 0 Å². The monoisotopic (exact) mass is 270 g/mol. The van der Waals surface area contributed by atoms with Gasteiger partial charge in [0, 0.05) is 0 Å². The lowest BCUT2D eigenvalue weighted by Crippen LogP contribution is -2.42. The smallest absolute Gasteiger partial charge is 0.317 e. The average molecular weight is 270 g/mol. The highest BCUT2D eigenvalue weighted by Gasteiger charge is 2.16. The van der Waals surface area contributed by atoms with Crippen molar-refractivity contribution in [3.05, 3.63) is 24.2 Å². The van der Waals surface area contributed by atoms with E-state index in [0.29, 0.717) is 5.76 Å². The second-order valence-corrected chi connectivity index (χ2v) is 3.79. The molecule has 8 nitrogen and oxygen atoms in total. The van der Waals surface area contributed by atoms with Crippen LogP contribution >= 0.6 is 0 Å². The zero-order valence-corrected chi connectivity index (χ0v) is 10.0. The lowest BCUT2D eigenvalue weighted by molar-refractivity contribution is -0.142. The molecule has 0 fully saturated rings. The predicted molar refractivity (Wildman–Crippen MR) is 62.3 cm³/mol. The number of carbonyl (C=O) groups is 3. The molecule has 0 aliphatic rings. The minimum Gasteiger partial charge on any atom is -0.480 e. The third-order valence-electron chi connectivity index (χ3n) is 2.12. The quantitative estimate of drug-likeness (QED) is 0.575. The zero-order valence-electron chi connectivity index (χ0n) is 10.0. The van der Waals surface area contributed by atoms with Crippen LogP contribution < -0.4 is 5.32 Å². The van der Waals surface area contributed by atoms with Gasteiger partial charge in [-0.2, -0.15) is 0 Å². The van der Waals surface area contributed by atoms with Gasteiger partial charge in [-0.1, -0.05) is 0 Å². The number of hydrogen-bond acceptors (Lipinski definition) is 5. The van der Waals surface area contributed by atoms with Gasteiger partial charge in [-0.05, 0) is 12.1 Å². The fourth-order valence-corrected chi connectivity index (χ4v) is 1.41. The molecule has 1 rings (SSSR count). The molecule has 8 heteroatoms. The highest BCUT2D eigenvalue weighted by molar-refractivity contribution is 5.80. The Hall–Kier alpha value is -2.35. The van der Waals surface area contributed by atoms with E-state index in [2.05, 4.69) is 5.32 Å². The van der Waals surface area contributed by atoms with Crippen LogP contribution in [0.3, 0.4) is 0 Å². The van der Waals surface area contributed by atoms with E-state index in [-0.39, 0.29) is 13.1 Å². The molecular weight excluding hydrogens is 256 g/mol. The number of carbonyl (C=O) groups excluding carboxylic acids is 1. The van der Waals surface area contributed by atoms with Gasteiger partial charge < -0.3 is 19.9 Å². The van der Waals surface area contributed by atoms with Crippen LogP contribution in [0.25, 0.3) is 0 Å². The zero-order chi connectivity index (χ0) is 14.3. The van der Waals surface area contributed by atoms with Gasteiger partial charge in [-0.15, -0.1) is 0 Å². The molecule has 1 heterocycles. The molecule has 0 bridgehead atoms. The van der Waals surface area contributed by atoms with Gasteiger partial charge >= 0.3 is 11.9 Å². The number of amides is 1. The maximum Gasteiger partial charge on any atom is 0.317 e. The second-order valence-electron chi connectivity index (χ2n) is 3.79. The van der Waals surface area contributed by atoms with Crippen LogP contribution in [-0.2, 0) is 20.9 Å². The Bertz CT molecular complexity index is 426. The third-order valence-corrected chi connectivity index (χ3v) is 2.12. The summed E-state index contributed by atoms with van der Waals surface area (Å²) in [5.74, 6) is -2.31. The Labute approximate surface area is 108 Å². The molecule has 104 valence electrons. The summed E-state index contributed by atoms with van der Waals surface area (Å²) >= 11 is 0. The van der Waals surface area contributed by atoms with E-state index in [0.717, 1.165) is 4.90 Å². The van der Waals surface area contributed by atoms with Crippen molar-refractivity contribution in [2.45, 2.75) is 6.54 Å². The van der Waals surface area contributed by atoms with Crippen molar-refractivity contribution in [3.8, 4) is 0 Å². The number of carboxylic acid groups (broad SMARTS) is 2. The van der Waals surface area contributed by atoms with Crippen LogP contribution in [0.2, 0.25) is 0 Å². The highest BCUT2D eigenvalue weighted by Crippen LogP contribution is 1.98. The molecule has 1 aromatic heterocycles. The largest absolute Gasteiger partial charge is 0.480 e. The average Bonchev–Trinajstić information content (AvgIpc) is 2.77. The van der Waals surface area contributed by atoms with Crippen molar-refractivity contribution in [1.82, 2.24) is 10.2 Å². The van der Waals surface area contributed by atoms with Crippen LogP contribution in [0, 0.1) is 0 Å². The fraction of sp³-hybridized carbons (Fsp3) is 0.364. The summed E-state index contributed by atoms with van der Waals surface area (Å²) < 4.78 is 5.00. The Morgan fingerprint density at radius 3 is 2.26 bits per heavy atom. The van der Waals surface area contributed by atoms with Gasteiger partial charge in [0.2, 0.25) is 5.91 Å². The molecule has 1 aromatic rings. The molecular formula is C11H14N2O6. The first-order valence-corrected chi connectivity index (χ1v) is 5.42. The first-order chi connectivity index (χ1) is 8.97. The molecule has 0 unspecified atom stereocenters. The predicted octanol–water partition coefficient (Wildman–Crippen LogP) is -0.633. The van der Waals surface area contributed by atoms with E-state index in [1.165, 1.54) is 6.26 Å². The van der Waals surface area contributed by atoms with Gasteiger partial charge in [0.25, 0.3) is 0 Å². The summed E-state index contributed by atoms with van der Waals surface area (Å²) in [5.41, 5.74) is 0. The first-order valence-electron chi connectivity index (χ1n) is 5.42. The number of furan rings is 1. The number of nitrogens with zero attached hydrogens (tertiary/aromatic N) is 1. The van der Waals surface area contributed by atoms with Gasteiger partial charge in [-0.25, -0.2) is 0 Å². The van der Waals surface area contributed by atoms with Crippen molar-refractivity contribution >= 4 is 17.8 Å². The molecule has 0 spiro atoms. The topological polar surface area (TPSA) is 120 Å². The Balaban J connectivity index is 2.41. The lowest BCUT2D eigenvalue weighted by atomic mass is 10.4. The normalized spacial score (nSPS) is 10.4. The number of aliphatic carboxylic acids is 2. The van der Waals surface area contributed by atoms with Crippen molar-refractivity contribution in [2.24, 2.45) is 0 Å². The Morgan fingerprint density at radius 1 is 1.16 bits per heavy atom. The van der Waals surface area contributed by atoms with Crippen LogP contribution in [0.15, 0.2) is 22.8 Å². The van der Waals surface area contributed by atoms with E-state index in [9.17, 15) is 14.4 Å². The van der Waals surface area contributed by atoms with Gasteiger partial charge in [0.1, 0.15) is 5.76 Å². The summed E-state index contributed by atoms with van der Waals surface area (Å²) in [7, 11) is 0. The number of hydrogen-bond donors (Lipinski definition) is 3. The molecule has 19 heavy (non-hydrogen) atoms. The van der Waals surface area contributed by atoms with Crippen LogP contribution in [0.5, 0.6) is 0 Å². The van der Waals surface area contributed by atoms with Gasteiger partial charge in [-0.3, -0.25) is 19.3 Å². The SMILES string of the molecule is O=C(O)CN(CC(=O)O)CC(=O)NCc1ccco1. The minimum absolute atomic E-state index is 0.166. The van der Waals surface area contributed by atoms with Crippen LogP contribution in [0.4, 0.5) is 0 Å². The van der Waals surface area contributed by atoms with Crippen molar-refractivity contribution in [1.29, 1.82) is 0 Å². The van der Waals surface area contributed by atoms with Crippen molar-refractivity contribution < 1.29 is 29.0 Å². The van der Waals surface area contributed by atoms with Crippen LogP contribution in [0.1, 0.15) is 5.76 Å². The van der Waals surface area contributed by atoms with E-state index in [1.807, 2.05) is 0 Å². The number of rotatable bonds is 8. The molecule has 0 saturated carbocycles. The summed E-state index contributed by atoms with van der Waals surface area (Å²) in [4.78, 5) is 33.6. The minimum atomic E-state index is -1.19. The second kappa shape index (κ2) is 7.17. The first kappa shape index (κ1) is 14.7. The van der Waals surface area contributed by atoms with E-state index < -0.39 is 30.9 Å². The van der Waals surface area contributed by atoms with Crippen LogP contribution in [-0.4, -0.2) is 52.6 Å². The highest BCUT2D eigenvalue weighted by atomic mass is 16.4. The number of nitrogens with one attached hydrogen (secondary N) is 1. The summed E-state index contributed by atoms with van der Waals surface area (Å²) in [6.45, 7) is -1.17. The Morgan fingerprint density at radius 2 is 1.79 bits per heavy atom. The van der Waals surface area contributed by atoms with E-state index >= 15 is 0 Å². The molecule has 3 N–H and O–H groups in total. The molecule has 0 atom stereocenters. The maximum absolute atomic E-state index is 11.5. The summed E-state index contributed by atoms with van der Waals surface area (Å²) in [6, 6.07) is 3.34. The molecule has 0 radical (unpaired) electrons. The third kappa shape index (κ3) is 6.22. The molecule has 0 aliphatic carbocycles. The molecule has 0 saturated heterocycles.